The molecular formula is C19H26N4O3S. The number of fused-ring (bicyclic) bond motifs is 1. The smallest absolute Gasteiger partial charge is 0.245 e. The van der Waals surface area contributed by atoms with E-state index in [1.807, 2.05) is 19.2 Å². The highest BCUT2D eigenvalue weighted by Crippen LogP contribution is 2.32. The van der Waals surface area contributed by atoms with Crippen LogP contribution in [0.25, 0.3) is 0 Å². The predicted molar refractivity (Wildman–Crippen MR) is 103 cm³/mol. The number of carbonyl (C=O) groups excluding carboxylic acids is 1. The Hall–Kier alpha value is -2.19. The number of sulfonamides is 1. The lowest BCUT2D eigenvalue weighted by atomic mass is 10.00. The fourth-order valence-electron chi connectivity index (χ4n) is 3.57. The molecule has 7 nitrogen and oxygen atoms in total. The van der Waals surface area contributed by atoms with Crippen molar-refractivity contribution >= 4 is 15.9 Å². The summed E-state index contributed by atoms with van der Waals surface area (Å²) < 4.78 is 27.6. The van der Waals surface area contributed by atoms with Crippen molar-refractivity contribution in [3.63, 3.8) is 0 Å². The number of rotatable bonds is 5. The van der Waals surface area contributed by atoms with E-state index in [0.717, 1.165) is 23.9 Å². The highest BCUT2D eigenvalue weighted by atomic mass is 32.2. The summed E-state index contributed by atoms with van der Waals surface area (Å²) in [6, 6.07) is 7.25. The van der Waals surface area contributed by atoms with Gasteiger partial charge in [0.15, 0.2) is 0 Å². The average molecular weight is 391 g/mol. The van der Waals surface area contributed by atoms with Gasteiger partial charge in [0.25, 0.3) is 0 Å². The molecule has 1 unspecified atom stereocenters. The molecule has 1 aromatic heterocycles. The van der Waals surface area contributed by atoms with Gasteiger partial charge in [-0.25, -0.2) is 8.42 Å². The van der Waals surface area contributed by atoms with E-state index >= 15 is 0 Å². The van der Waals surface area contributed by atoms with Gasteiger partial charge in [-0.3, -0.25) is 9.48 Å². The van der Waals surface area contributed by atoms with Crippen LogP contribution in [0.2, 0.25) is 0 Å². The van der Waals surface area contributed by atoms with Crippen molar-refractivity contribution in [2.24, 2.45) is 7.05 Å². The molecule has 27 heavy (non-hydrogen) atoms. The minimum Gasteiger partial charge on any atom is -0.340 e. The van der Waals surface area contributed by atoms with E-state index < -0.39 is 16.1 Å². The molecule has 0 saturated heterocycles. The zero-order valence-electron chi connectivity index (χ0n) is 16.2. The molecule has 1 aromatic carbocycles. The molecule has 0 saturated carbocycles. The Kier molecular flexibility index (Phi) is 5.39. The Morgan fingerprint density at radius 3 is 2.48 bits per heavy atom. The van der Waals surface area contributed by atoms with Crippen molar-refractivity contribution in [3.05, 3.63) is 52.8 Å². The second kappa shape index (κ2) is 7.44. The molecule has 2 aromatic rings. The third-order valence-electron chi connectivity index (χ3n) is 5.13. The Morgan fingerprint density at radius 2 is 1.89 bits per heavy atom. The molecule has 0 aliphatic carbocycles. The maximum absolute atomic E-state index is 13.2. The van der Waals surface area contributed by atoms with Crippen molar-refractivity contribution in [2.45, 2.75) is 32.4 Å². The van der Waals surface area contributed by atoms with Gasteiger partial charge in [-0.1, -0.05) is 31.2 Å². The summed E-state index contributed by atoms with van der Waals surface area (Å²) in [5.41, 5.74) is 3.83. The quantitative estimate of drug-likeness (QED) is 0.775. The largest absolute Gasteiger partial charge is 0.340 e. The molecule has 0 fully saturated rings. The van der Waals surface area contributed by atoms with Gasteiger partial charge in [0.1, 0.15) is 6.04 Å². The van der Waals surface area contributed by atoms with E-state index in [1.165, 1.54) is 9.87 Å². The van der Waals surface area contributed by atoms with Crippen molar-refractivity contribution in [1.82, 2.24) is 19.0 Å². The molecule has 0 spiro atoms. The van der Waals surface area contributed by atoms with E-state index in [9.17, 15) is 13.2 Å². The summed E-state index contributed by atoms with van der Waals surface area (Å²) in [6.07, 6.45) is 4.27. The van der Waals surface area contributed by atoms with Crippen LogP contribution in [0.3, 0.4) is 0 Å². The average Bonchev–Trinajstić information content (AvgIpc) is 3.01. The van der Waals surface area contributed by atoms with Gasteiger partial charge in [-0.05, 0) is 17.5 Å². The minimum absolute atomic E-state index is 0.242. The molecular weight excluding hydrogens is 364 g/mol. The van der Waals surface area contributed by atoms with Gasteiger partial charge in [0.05, 0.1) is 12.5 Å². The summed E-state index contributed by atoms with van der Waals surface area (Å²) >= 11 is 0. The Morgan fingerprint density at radius 1 is 1.26 bits per heavy atom. The Labute approximate surface area is 160 Å². The second-order valence-corrected chi connectivity index (χ2v) is 9.00. The van der Waals surface area contributed by atoms with Crippen LogP contribution in [0.15, 0.2) is 30.5 Å². The van der Waals surface area contributed by atoms with Crippen LogP contribution in [0.4, 0.5) is 0 Å². The topological polar surface area (TPSA) is 75.5 Å². The van der Waals surface area contributed by atoms with Crippen LogP contribution in [0, 0.1) is 0 Å². The zero-order valence-corrected chi connectivity index (χ0v) is 17.0. The van der Waals surface area contributed by atoms with Crippen molar-refractivity contribution < 1.29 is 13.2 Å². The molecule has 1 amide bonds. The predicted octanol–water partition coefficient (Wildman–Crippen LogP) is 1.50. The van der Waals surface area contributed by atoms with Crippen LogP contribution in [0.5, 0.6) is 0 Å². The first kappa shape index (κ1) is 19.6. The summed E-state index contributed by atoms with van der Waals surface area (Å²) in [5.74, 6) is -0.242. The highest BCUT2D eigenvalue weighted by Gasteiger charge is 2.40. The van der Waals surface area contributed by atoms with Crippen molar-refractivity contribution in [1.29, 1.82) is 0 Å². The summed E-state index contributed by atoms with van der Waals surface area (Å²) in [4.78, 5) is 14.8. The summed E-state index contributed by atoms with van der Waals surface area (Å²) in [6.45, 7) is 2.80. The van der Waals surface area contributed by atoms with Crippen molar-refractivity contribution in [2.75, 3.05) is 19.8 Å². The Bertz CT molecular complexity index is 934. The fourth-order valence-corrected chi connectivity index (χ4v) is 4.58. The maximum atomic E-state index is 13.2. The van der Waals surface area contributed by atoms with Crippen LogP contribution in [-0.4, -0.2) is 53.2 Å². The van der Waals surface area contributed by atoms with Gasteiger partial charge < -0.3 is 4.90 Å². The maximum Gasteiger partial charge on any atom is 0.245 e. The minimum atomic E-state index is -3.52. The fraction of sp³-hybridized carbons (Fsp3) is 0.474. The molecule has 0 radical (unpaired) electrons. The number of hydrogen-bond donors (Lipinski definition) is 0. The molecule has 0 N–H and O–H groups in total. The molecule has 3 rings (SSSR count). The van der Waals surface area contributed by atoms with E-state index in [0.29, 0.717) is 18.5 Å². The molecule has 146 valence electrons. The third-order valence-corrected chi connectivity index (χ3v) is 6.38. The van der Waals surface area contributed by atoms with E-state index in [4.69, 9.17) is 0 Å². The van der Waals surface area contributed by atoms with Crippen molar-refractivity contribution in [3.8, 4) is 0 Å². The zero-order chi connectivity index (χ0) is 19.8. The first-order valence-corrected chi connectivity index (χ1v) is 10.9. The number of benzene rings is 1. The highest BCUT2D eigenvalue weighted by molar-refractivity contribution is 7.88. The van der Waals surface area contributed by atoms with Crippen LogP contribution in [-0.2, 0) is 41.3 Å². The number of nitrogens with zero attached hydrogens (tertiary/aromatic N) is 4. The van der Waals surface area contributed by atoms with Gasteiger partial charge in [-0.2, -0.15) is 9.40 Å². The molecule has 1 atom stereocenters. The number of amides is 1. The number of carbonyl (C=O) groups is 1. The van der Waals surface area contributed by atoms with Gasteiger partial charge in [-0.15, -0.1) is 0 Å². The number of aryl methyl sites for hydroxylation is 2. The van der Waals surface area contributed by atoms with Crippen LogP contribution in [0.1, 0.15) is 35.3 Å². The number of hydrogen-bond acceptors (Lipinski definition) is 4. The molecule has 8 heteroatoms. The van der Waals surface area contributed by atoms with Crippen LogP contribution < -0.4 is 0 Å². The number of aromatic nitrogens is 2. The second-order valence-electron chi connectivity index (χ2n) is 7.06. The van der Waals surface area contributed by atoms with E-state index in [1.54, 1.807) is 22.8 Å². The lowest BCUT2D eigenvalue weighted by molar-refractivity contribution is -0.135. The summed E-state index contributed by atoms with van der Waals surface area (Å²) in [5, 5.41) is 4.23. The van der Waals surface area contributed by atoms with Gasteiger partial charge in [0.2, 0.25) is 15.9 Å². The van der Waals surface area contributed by atoms with Gasteiger partial charge in [0, 0.05) is 44.9 Å². The lowest BCUT2D eigenvalue weighted by Crippen LogP contribution is -2.47. The van der Waals surface area contributed by atoms with Gasteiger partial charge >= 0.3 is 0 Å². The molecule has 2 heterocycles. The molecule has 0 bridgehead atoms. The van der Waals surface area contributed by atoms with E-state index in [-0.39, 0.29) is 12.5 Å². The standard InChI is InChI=1S/C19H26N4O3S/c1-5-14-6-8-15(9-7-14)13-21(2)19(24)18-16-12-20-22(3)17(16)10-11-23(18)27(4,25)26/h6-9,12,18H,5,10-11,13H2,1-4H3. The monoisotopic (exact) mass is 390 g/mol. The number of likely N-dealkylation sites (N-methyl/N-ethyl adjacent to an activating group) is 1. The third kappa shape index (κ3) is 3.91. The lowest BCUT2D eigenvalue weighted by Gasteiger charge is -2.35. The summed E-state index contributed by atoms with van der Waals surface area (Å²) in [7, 11) is 0.00434. The molecule has 1 aliphatic heterocycles. The first-order chi connectivity index (χ1) is 12.7. The van der Waals surface area contributed by atoms with Crippen LogP contribution >= 0.6 is 0 Å². The van der Waals surface area contributed by atoms with E-state index in [2.05, 4.69) is 24.2 Å². The Balaban J connectivity index is 1.89. The normalized spacial score (nSPS) is 17.6. The first-order valence-electron chi connectivity index (χ1n) is 9.02. The SMILES string of the molecule is CCc1ccc(CN(C)C(=O)C2c3cnn(C)c3CCN2S(C)(=O)=O)cc1. The molecule has 1 aliphatic rings.